The molecule has 0 amide bonds. The molecule has 2 nitrogen and oxygen atoms in total. The van der Waals surface area contributed by atoms with E-state index >= 15 is 0 Å². The van der Waals surface area contributed by atoms with E-state index < -0.39 is 0 Å². The SMILES string of the molecule is Cc1ccc(NC(=S)NC(C)CC(C)(C)c2ccccc2)cc1. The van der Waals surface area contributed by atoms with Gasteiger partial charge in [-0.3, -0.25) is 0 Å². The molecule has 3 heteroatoms. The molecule has 23 heavy (non-hydrogen) atoms. The summed E-state index contributed by atoms with van der Waals surface area (Å²) >= 11 is 5.43. The number of hydrogen-bond acceptors (Lipinski definition) is 1. The van der Waals surface area contributed by atoms with Crippen molar-refractivity contribution in [1.29, 1.82) is 0 Å². The van der Waals surface area contributed by atoms with Gasteiger partial charge in [-0.25, -0.2) is 0 Å². The average molecular weight is 327 g/mol. The molecule has 2 rings (SSSR count). The number of benzene rings is 2. The van der Waals surface area contributed by atoms with Gasteiger partial charge in [0, 0.05) is 11.7 Å². The topological polar surface area (TPSA) is 24.1 Å². The van der Waals surface area contributed by atoms with E-state index in [4.69, 9.17) is 12.2 Å². The van der Waals surface area contributed by atoms with E-state index in [0.29, 0.717) is 5.11 Å². The summed E-state index contributed by atoms with van der Waals surface area (Å²) in [5.41, 5.74) is 3.72. The molecule has 0 spiro atoms. The van der Waals surface area contributed by atoms with Crippen LogP contribution in [0.4, 0.5) is 5.69 Å². The van der Waals surface area contributed by atoms with Crippen molar-refractivity contribution >= 4 is 23.0 Å². The maximum Gasteiger partial charge on any atom is 0.170 e. The number of hydrogen-bond donors (Lipinski definition) is 2. The van der Waals surface area contributed by atoms with E-state index in [1.807, 2.05) is 12.1 Å². The lowest BCUT2D eigenvalue weighted by Crippen LogP contribution is -2.39. The minimum Gasteiger partial charge on any atom is -0.360 e. The highest BCUT2D eigenvalue weighted by Crippen LogP contribution is 2.28. The van der Waals surface area contributed by atoms with Crippen molar-refractivity contribution in [3.05, 3.63) is 65.7 Å². The molecule has 122 valence electrons. The van der Waals surface area contributed by atoms with Gasteiger partial charge in [0.1, 0.15) is 0 Å². The molecule has 1 atom stereocenters. The predicted molar refractivity (Wildman–Crippen MR) is 104 cm³/mol. The molecule has 2 N–H and O–H groups in total. The van der Waals surface area contributed by atoms with Crippen LogP contribution in [0.5, 0.6) is 0 Å². The second-order valence-electron chi connectivity index (χ2n) is 6.82. The minimum atomic E-state index is 0.104. The van der Waals surface area contributed by atoms with E-state index in [0.717, 1.165) is 12.1 Å². The van der Waals surface area contributed by atoms with Crippen LogP contribution in [0, 0.1) is 6.92 Å². The Morgan fingerprint density at radius 1 is 1.04 bits per heavy atom. The van der Waals surface area contributed by atoms with Gasteiger partial charge in [0.15, 0.2) is 5.11 Å². The molecule has 0 aliphatic rings. The fourth-order valence-corrected chi connectivity index (χ4v) is 3.17. The van der Waals surface area contributed by atoms with E-state index in [1.165, 1.54) is 11.1 Å². The van der Waals surface area contributed by atoms with E-state index in [-0.39, 0.29) is 11.5 Å². The van der Waals surface area contributed by atoms with E-state index in [9.17, 15) is 0 Å². The summed E-state index contributed by atoms with van der Waals surface area (Å²) in [6, 6.07) is 19.2. The van der Waals surface area contributed by atoms with Crippen molar-refractivity contribution in [2.45, 2.75) is 45.6 Å². The Hall–Kier alpha value is -1.87. The van der Waals surface area contributed by atoms with Gasteiger partial charge in [-0.05, 0) is 55.6 Å². The van der Waals surface area contributed by atoms with Crippen LogP contribution >= 0.6 is 12.2 Å². The van der Waals surface area contributed by atoms with Crippen molar-refractivity contribution in [3.63, 3.8) is 0 Å². The Labute approximate surface area is 145 Å². The molecule has 0 radical (unpaired) electrons. The summed E-state index contributed by atoms with van der Waals surface area (Å²) in [4.78, 5) is 0. The summed E-state index contributed by atoms with van der Waals surface area (Å²) < 4.78 is 0. The van der Waals surface area contributed by atoms with Crippen LogP contribution in [0.1, 0.15) is 38.3 Å². The van der Waals surface area contributed by atoms with Crippen molar-refractivity contribution in [2.75, 3.05) is 5.32 Å². The Balaban J connectivity index is 1.89. The standard InChI is InChI=1S/C20H26N2S/c1-15-10-12-18(13-11-15)22-19(23)21-16(2)14-20(3,4)17-8-6-5-7-9-17/h5-13,16H,14H2,1-4H3,(H2,21,22,23). The molecule has 0 aromatic heterocycles. The normalized spacial score (nSPS) is 12.5. The zero-order valence-electron chi connectivity index (χ0n) is 14.4. The van der Waals surface area contributed by atoms with Crippen molar-refractivity contribution in [3.8, 4) is 0 Å². The van der Waals surface area contributed by atoms with Crippen molar-refractivity contribution in [2.24, 2.45) is 0 Å². The van der Waals surface area contributed by atoms with Gasteiger partial charge in [0.25, 0.3) is 0 Å². The number of nitrogens with one attached hydrogen (secondary N) is 2. The van der Waals surface area contributed by atoms with Crippen LogP contribution in [0.2, 0.25) is 0 Å². The van der Waals surface area contributed by atoms with Gasteiger partial charge in [-0.1, -0.05) is 61.9 Å². The number of aryl methyl sites for hydroxylation is 1. The first-order valence-electron chi connectivity index (χ1n) is 8.06. The monoisotopic (exact) mass is 326 g/mol. The third kappa shape index (κ3) is 5.36. The Morgan fingerprint density at radius 3 is 2.26 bits per heavy atom. The van der Waals surface area contributed by atoms with E-state index in [1.54, 1.807) is 0 Å². The Kier molecular flexibility index (Phi) is 5.78. The molecule has 0 aliphatic heterocycles. The van der Waals surface area contributed by atoms with Crippen LogP contribution in [0.25, 0.3) is 0 Å². The lowest BCUT2D eigenvalue weighted by atomic mass is 9.79. The predicted octanol–water partition coefficient (Wildman–Crippen LogP) is 5.04. The van der Waals surface area contributed by atoms with Crippen LogP contribution < -0.4 is 10.6 Å². The minimum absolute atomic E-state index is 0.104. The maximum atomic E-state index is 5.43. The summed E-state index contributed by atoms with van der Waals surface area (Å²) in [6.45, 7) is 8.80. The molecular weight excluding hydrogens is 300 g/mol. The molecule has 0 saturated heterocycles. The highest BCUT2D eigenvalue weighted by molar-refractivity contribution is 7.80. The molecule has 0 heterocycles. The molecule has 2 aromatic carbocycles. The van der Waals surface area contributed by atoms with Gasteiger partial charge in [0.2, 0.25) is 0 Å². The summed E-state index contributed by atoms with van der Waals surface area (Å²) in [6.07, 6.45) is 1.01. The third-order valence-electron chi connectivity index (χ3n) is 4.06. The smallest absolute Gasteiger partial charge is 0.170 e. The second kappa shape index (κ2) is 7.60. The fraction of sp³-hybridized carbons (Fsp3) is 0.350. The summed E-state index contributed by atoms with van der Waals surface area (Å²) in [5.74, 6) is 0. The molecule has 1 unspecified atom stereocenters. The van der Waals surface area contributed by atoms with Gasteiger partial charge >= 0.3 is 0 Å². The summed E-state index contributed by atoms with van der Waals surface area (Å²) in [7, 11) is 0. The van der Waals surface area contributed by atoms with Crippen LogP contribution in [-0.2, 0) is 5.41 Å². The zero-order chi connectivity index (χ0) is 16.9. The second-order valence-corrected chi connectivity index (χ2v) is 7.23. The van der Waals surface area contributed by atoms with Crippen molar-refractivity contribution in [1.82, 2.24) is 5.32 Å². The van der Waals surface area contributed by atoms with Crippen LogP contribution in [-0.4, -0.2) is 11.2 Å². The number of rotatable bonds is 5. The lowest BCUT2D eigenvalue weighted by Gasteiger charge is -2.29. The molecule has 0 fully saturated rings. The lowest BCUT2D eigenvalue weighted by molar-refractivity contribution is 0.420. The zero-order valence-corrected chi connectivity index (χ0v) is 15.2. The first kappa shape index (κ1) is 17.5. The molecule has 2 aromatic rings. The highest BCUT2D eigenvalue weighted by Gasteiger charge is 2.23. The van der Waals surface area contributed by atoms with Crippen LogP contribution in [0.15, 0.2) is 54.6 Å². The van der Waals surface area contributed by atoms with Gasteiger partial charge < -0.3 is 10.6 Å². The molecule has 0 bridgehead atoms. The highest BCUT2D eigenvalue weighted by atomic mass is 32.1. The molecule has 0 aliphatic carbocycles. The molecular formula is C20H26N2S. The van der Waals surface area contributed by atoms with Crippen LogP contribution in [0.3, 0.4) is 0 Å². The van der Waals surface area contributed by atoms with Gasteiger partial charge in [-0.2, -0.15) is 0 Å². The Bertz CT molecular complexity index is 632. The first-order valence-corrected chi connectivity index (χ1v) is 8.47. The number of thiocarbonyl (C=S) groups is 1. The fourth-order valence-electron chi connectivity index (χ4n) is 2.85. The van der Waals surface area contributed by atoms with Gasteiger partial charge in [-0.15, -0.1) is 0 Å². The Morgan fingerprint density at radius 2 is 1.65 bits per heavy atom. The summed E-state index contributed by atoms with van der Waals surface area (Å²) in [5, 5.41) is 7.31. The van der Waals surface area contributed by atoms with Gasteiger partial charge in [0.05, 0.1) is 0 Å². The average Bonchev–Trinajstić information content (AvgIpc) is 2.49. The first-order chi connectivity index (χ1) is 10.9. The van der Waals surface area contributed by atoms with E-state index in [2.05, 4.69) is 80.8 Å². The van der Waals surface area contributed by atoms with Crippen molar-refractivity contribution < 1.29 is 0 Å². The number of anilines is 1. The maximum absolute atomic E-state index is 5.43. The third-order valence-corrected chi connectivity index (χ3v) is 4.28. The quantitative estimate of drug-likeness (QED) is 0.753. The molecule has 0 saturated carbocycles. The largest absolute Gasteiger partial charge is 0.360 e.